The quantitative estimate of drug-likeness (QED) is 0.462. The van der Waals surface area contributed by atoms with Gasteiger partial charge in [0.05, 0.1) is 30.1 Å². The smallest absolute Gasteiger partial charge is 0.250 e. The number of rotatable bonds is 11. The number of nitrogens with one attached hydrogen (secondary N) is 1. The van der Waals surface area contributed by atoms with E-state index >= 15 is 0 Å². The highest BCUT2D eigenvalue weighted by atomic mass is 32.1. The molecule has 1 aromatic heterocycles. The molecule has 3 N–H and O–H groups in total. The number of para-hydroxylation sites is 1. The number of aryl methyl sites for hydroxylation is 1. The molecule has 2 aromatic rings. The van der Waals surface area contributed by atoms with Crippen LogP contribution in [0.25, 0.3) is 0 Å². The monoisotopic (exact) mass is 468 g/mol. The summed E-state index contributed by atoms with van der Waals surface area (Å²) in [6.07, 6.45) is 8.81. The second-order valence-corrected chi connectivity index (χ2v) is 9.91. The lowest BCUT2D eigenvalue weighted by atomic mass is 10.1. The van der Waals surface area contributed by atoms with Gasteiger partial charge in [0.15, 0.2) is 5.13 Å². The van der Waals surface area contributed by atoms with Crippen LogP contribution in [-0.4, -0.2) is 29.4 Å². The predicted octanol–water partition coefficient (Wildman–Crippen LogP) is 4.80. The van der Waals surface area contributed by atoms with Crippen LogP contribution in [0.4, 0.5) is 10.8 Å². The van der Waals surface area contributed by atoms with Crippen molar-refractivity contribution in [1.29, 1.82) is 0 Å². The second-order valence-electron chi connectivity index (χ2n) is 8.85. The average Bonchev–Trinajstić information content (AvgIpc) is 3.34. The van der Waals surface area contributed by atoms with Gasteiger partial charge in [-0.2, -0.15) is 0 Å². The summed E-state index contributed by atoms with van der Waals surface area (Å²) < 4.78 is 6.13. The maximum atomic E-state index is 12.6. The first-order valence-electron chi connectivity index (χ1n) is 11.7. The second kappa shape index (κ2) is 10.4. The molecule has 0 radical (unpaired) electrons. The number of amides is 2. The van der Waals surface area contributed by atoms with Gasteiger partial charge in [-0.3, -0.25) is 14.5 Å². The Morgan fingerprint density at radius 1 is 1.30 bits per heavy atom. The summed E-state index contributed by atoms with van der Waals surface area (Å²) >= 11 is 1.50. The van der Waals surface area contributed by atoms with Crippen molar-refractivity contribution >= 4 is 34.0 Å². The van der Waals surface area contributed by atoms with Crippen molar-refractivity contribution in [3.8, 4) is 5.75 Å². The lowest BCUT2D eigenvalue weighted by molar-refractivity contribution is -0.117. The Bertz CT molecular complexity index is 1020. The molecule has 33 heavy (non-hydrogen) atoms. The molecule has 2 fully saturated rings. The van der Waals surface area contributed by atoms with E-state index in [1.54, 1.807) is 18.2 Å². The molecular weight excluding hydrogens is 436 g/mol. The molecular formula is C25H32N4O3S. The van der Waals surface area contributed by atoms with Crippen LogP contribution in [-0.2, 0) is 11.3 Å². The third-order valence-electron chi connectivity index (χ3n) is 6.25. The van der Waals surface area contributed by atoms with E-state index in [1.807, 2.05) is 17.9 Å². The van der Waals surface area contributed by atoms with Crippen molar-refractivity contribution in [3.63, 3.8) is 0 Å². The van der Waals surface area contributed by atoms with E-state index in [9.17, 15) is 9.59 Å². The van der Waals surface area contributed by atoms with Crippen LogP contribution >= 0.6 is 11.3 Å². The number of aromatic nitrogens is 1. The number of nitrogens with two attached hydrogens (primary N) is 1. The van der Waals surface area contributed by atoms with Gasteiger partial charge in [-0.15, -0.1) is 6.58 Å². The topological polar surface area (TPSA) is 97.6 Å². The van der Waals surface area contributed by atoms with E-state index in [0.717, 1.165) is 28.5 Å². The average molecular weight is 469 g/mol. The van der Waals surface area contributed by atoms with E-state index in [1.165, 1.54) is 37.0 Å². The molecule has 4 rings (SSSR count). The molecule has 2 amide bonds. The Labute approximate surface area is 199 Å². The number of thiazole rings is 1. The van der Waals surface area contributed by atoms with Gasteiger partial charge in [-0.1, -0.05) is 36.3 Å². The first-order chi connectivity index (χ1) is 16.0. The maximum Gasteiger partial charge on any atom is 0.250 e. The Balaban J connectivity index is 1.52. The van der Waals surface area contributed by atoms with Crippen LogP contribution in [0.5, 0.6) is 5.75 Å². The van der Waals surface area contributed by atoms with Crippen LogP contribution in [0.2, 0.25) is 0 Å². The summed E-state index contributed by atoms with van der Waals surface area (Å²) in [7, 11) is 0. The van der Waals surface area contributed by atoms with Crippen molar-refractivity contribution in [2.45, 2.75) is 64.5 Å². The number of carbonyl (C=O) groups excluding carboxylic acids is 2. The molecule has 8 heteroatoms. The molecule has 0 atom stereocenters. The van der Waals surface area contributed by atoms with Gasteiger partial charge >= 0.3 is 0 Å². The van der Waals surface area contributed by atoms with Gasteiger partial charge in [-0.05, 0) is 50.7 Å². The van der Waals surface area contributed by atoms with Crippen molar-refractivity contribution in [2.75, 3.05) is 16.8 Å². The van der Waals surface area contributed by atoms with E-state index in [-0.39, 0.29) is 11.9 Å². The van der Waals surface area contributed by atoms with E-state index in [4.69, 9.17) is 10.5 Å². The minimum Gasteiger partial charge on any atom is -0.491 e. The fourth-order valence-corrected chi connectivity index (χ4v) is 5.38. The lowest BCUT2D eigenvalue weighted by Crippen LogP contribution is -2.32. The highest BCUT2D eigenvalue weighted by Crippen LogP contribution is 2.37. The number of hydrogen-bond acceptors (Lipinski definition) is 6. The molecule has 0 saturated heterocycles. The largest absolute Gasteiger partial charge is 0.491 e. The highest BCUT2D eigenvalue weighted by molar-refractivity contribution is 7.16. The minimum absolute atomic E-state index is 0.0300. The number of anilines is 2. The van der Waals surface area contributed by atoms with Gasteiger partial charge in [-0.25, -0.2) is 4.98 Å². The molecule has 0 aliphatic heterocycles. The molecule has 2 aliphatic rings. The number of carbonyl (C=O) groups is 2. The van der Waals surface area contributed by atoms with E-state index in [0.29, 0.717) is 42.5 Å². The van der Waals surface area contributed by atoms with Crippen molar-refractivity contribution in [3.05, 3.63) is 47.0 Å². The van der Waals surface area contributed by atoms with Crippen molar-refractivity contribution in [2.24, 2.45) is 11.7 Å². The Morgan fingerprint density at radius 3 is 2.73 bits per heavy atom. The lowest BCUT2D eigenvalue weighted by Gasteiger charge is -2.18. The van der Waals surface area contributed by atoms with Crippen LogP contribution < -0.4 is 20.7 Å². The fraction of sp³-hybridized carbons (Fsp3) is 0.480. The molecule has 1 heterocycles. The van der Waals surface area contributed by atoms with Gasteiger partial charge in [0.2, 0.25) is 5.91 Å². The molecule has 1 aromatic carbocycles. The number of primary amides is 1. The summed E-state index contributed by atoms with van der Waals surface area (Å²) in [6, 6.07) is 5.61. The number of ether oxygens (including phenoxy) is 1. The first kappa shape index (κ1) is 23.3. The molecule has 0 bridgehead atoms. The SMILES string of the molecule is C=CCC(=O)N(c1nc(C)c(CNc2c(OCC3CCCC3)cccc2C(N)=O)s1)C1CC1. The molecule has 0 unspecified atom stereocenters. The summed E-state index contributed by atoms with van der Waals surface area (Å²) in [5.41, 5.74) is 7.53. The van der Waals surface area contributed by atoms with Gasteiger partial charge in [0.25, 0.3) is 5.91 Å². The van der Waals surface area contributed by atoms with Gasteiger partial charge in [0, 0.05) is 17.3 Å². The molecule has 7 nitrogen and oxygen atoms in total. The fourth-order valence-electron chi connectivity index (χ4n) is 4.29. The van der Waals surface area contributed by atoms with E-state index < -0.39 is 5.91 Å². The van der Waals surface area contributed by atoms with Gasteiger partial charge < -0.3 is 15.8 Å². The number of benzene rings is 1. The molecule has 2 aliphatic carbocycles. The standard InChI is InChI=1S/C25H32N4O3S/c1-3-7-22(30)29(18-12-13-18)25-28-16(2)21(33-25)14-27-23-19(24(26)31)10-6-11-20(23)32-15-17-8-4-5-9-17/h3,6,10-11,17-18,27H,1,4-5,7-9,12-15H2,2H3,(H2,26,31). The first-order valence-corrected chi connectivity index (χ1v) is 12.5. The molecule has 0 spiro atoms. The molecule has 2 saturated carbocycles. The predicted molar refractivity (Wildman–Crippen MR) is 132 cm³/mol. The van der Waals surface area contributed by atoms with Crippen LogP contribution in [0.3, 0.4) is 0 Å². The Kier molecular flexibility index (Phi) is 7.33. The van der Waals surface area contributed by atoms with Gasteiger partial charge in [0.1, 0.15) is 5.75 Å². The normalized spacial score (nSPS) is 15.9. The molecule has 176 valence electrons. The third kappa shape index (κ3) is 5.55. The zero-order valence-electron chi connectivity index (χ0n) is 19.1. The van der Waals surface area contributed by atoms with Crippen LogP contribution in [0.15, 0.2) is 30.9 Å². The zero-order valence-corrected chi connectivity index (χ0v) is 20.0. The number of hydrogen-bond donors (Lipinski definition) is 2. The Hall–Kier alpha value is -2.87. The van der Waals surface area contributed by atoms with Crippen molar-refractivity contribution < 1.29 is 14.3 Å². The summed E-state index contributed by atoms with van der Waals surface area (Å²) in [6.45, 7) is 6.73. The summed E-state index contributed by atoms with van der Waals surface area (Å²) in [5, 5.41) is 4.09. The van der Waals surface area contributed by atoms with Crippen molar-refractivity contribution in [1.82, 2.24) is 4.98 Å². The highest BCUT2D eigenvalue weighted by Gasteiger charge is 2.35. The third-order valence-corrected chi connectivity index (χ3v) is 7.41. The maximum absolute atomic E-state index is 12.6. The Morgan fingerprint density at radius 2 is 2.06 bits per heavy atom. The van der Waals surface area contributed by atoms with Crippen LogP contribution in [0.1, 0.15) is 65.9 Å². The minimum atomic E-state index is -0.500. The zero-order chi connectivity index (χ0) is 23.4. The summed E-state index contributed by atoms with van der Waals surface area (Å²) in [4.78, 5) is 32.2. The van der Waals surface area contributed by atoms with Crippen LogP contribution in [0, 0.1) is 12.8 Å². The van der Waals surface area contributed by atoms with E-state index in [2.05, 4.69) is 16.9 Å². The summed E-state index contributed by atoms with van der Waals surface area (Å²) in [5.74, 6) is 0.729. The number of nitrogens with zero attached hydrogens (tertiary/aromatic N) is 2.